The van der Waals surface area contributed by atoms with Crippen molar-refractivity contribution in [2.45, 2.75) is 31.6 Å². The highest BCUT2D eigenvalue weighted by atomic mass is 16.5. The first-order chi connectivity index (χ1) is 8.83. The number of carbonyl (C=O) groups is 1. The Morgan fingerprint density at radius 1 is 1.11 bits per heavy atom. The second-order valence-corrected chi connectivity index (χ2v) is 4.97. The first-order valence-electron chi connectivity index (χ1n) is 6.62. The Morgan fingerprint density at radius 3 is 2.44 bits per heavy atom. The van der Waals surface area contributed by atoms with E-state index < -0.39 is 0 Å². The van der Waals surface area contributed by atoms with Gasteiger partial charge in [-0.15, -0.1) is 0 Å². The van der Waals surface area contributed by atoms with Gasteiger partial charge in [0, 0.05) is 18.4 Å². The van der Waals surface area contributed by atoms with Crippen molar-refractivity contribution in [2.75, 3.05) is 13.2 Å². The number of nitrogens with zero attached hydrogens (tertiary/aromatic N) is 1. The molecule has 1 aromatic carbocycles. The molecule has 3 rings (SSSR count). The highest BCUT2D eigenvalue weighted by Gasteiger charge is 2.20. The van der Waals surface area contributed by atoms with Crippen LogP contribution in [0, 0.1) is 0 Å². The number of ether oxygens (including phenoxy) is 1. The summed E-state index contributed by atoms with van der Waals surface area (Å²) in [4.78, 5) is 15.5. The van der Waals surface area contributed by atoms with Crippen LogP contribution in [0.4, 0.5) is 0 Å². The molecule has 0 aromatic heterocycles. The second-order valence-electron chi connectivity index (χ2n) is 4.97. The molecular formula is C15H17NO2. The molecule has 0 N–H and O–H groups in total. The zero-order valence-electron chi connectivity index (χ0n) is 10.4. The van der Waals surface area contributed by atoms with Crippen molar-refractivity contribution >= 4 is 11.7 Å². The molecule has 18 heavy (non-hydrogen) atoms. The summed E-state index contributed by atoms with van der Waals surface area (Å²) in [6, 6.07) is 8.46. The van der Waals surface area contributed by atoms with Crippen LogP contribution in [0.2, 0.25) is 0 Å². The number of benzene rings is 1. The van der Waals surface area contributed by atoms with E-state index in [9.17, 15) is 4.79 Å². The van der Waals surface area contributed by atoms with E-state index >= 15 is 0 Å². The number of aliphatic imine (C=N–C) groups is 1. The van der Waals surface area contributed by atoms with Crippen LogP contribution in [-0.2, 0) is 9.53 Å². The maximum Gasteiger partial charge on any atom is 0.216 e. The van der Waals surface area contributed by atoms with E-state index in [1.165, 1.54) is 5.56 Å². The maximum atomic E-state index is 11.2. The van der Waals surface area contributed by atoms with Crippen LogP contribution in [0.1, 0.15) is 42.7 Å². The average Bonchev–Trinajstić information content (AvgIpc) is 2.94. The number of carbonyl (C=O) groups excluding carboxylic acids is 1. The van der Waals surface area contributed by atoms with Gasteiger partial charge in [0.25, 0.3) is 0 Å². The summed E-state index contributed by atoms with van der Waals surface area (Å²) in [7, 11) is 0. The largest absolute Gasteiger partial charge is 0.476 e. The van der Waals surface area contributed by atoms with E-state index in [1.54, 1.807) is 0 Å². The van der Waals surface area contributed by atoms with Crippen molar-refractivity contribution in [3.05, 3.63) is 35.4 Å². The van der Waals surface area contributed by atoms with Gasteiger partial charge in [-0.25, -0.2) is 4.99 Å². The summed E-state index contributed by atoms with van der Waals surface area (Å²) in [5, 5.41) is 0. The number of ketones is 1. The molecule has 0 bridgehead atoms. The predicted molar refractivity (Wildman–Crippen MR) is 70.0 cm³/mol. The monoisotopic (exact) mass is 243 g/mol. The molecule has 3 nitrogen and oxygen atoms in total. The molecule has 1 heterocycles. The van der Waals surface area contributed by atoms with Crippen molar-refractivity contribution in [3.63, 3.8) is 0 Å². The SMILES string of the molecule is O=C1CCC(c2ccc(C3=NCCO3)cc2)CC1. The Balaban J connectivity index is 1.72. The quantitative estimate of drug-likeness (QED) is 0.801. The van der Waals surface area contributed by atoms with Gasteiger partial charge < -0.3 is 4.74 Å². The molecule has 1 fully saturated rings. The Kier molecular flexibility index (Phi) is 3.13. The Labute approximate surface area is 107 Å². The standard InChI is InChI=1S/C15H17NO2/c17-14-7-5-12(6-8-14)11-1-3-13(4-2-11)15-16-9-10-18-15/h1-4,12H,5-10H2. The van der Waals surface area contributed by atoms with E-state index in [-0.39, 0.29) is 0 Å². The van der Waals surface area contributed by atoms with Gasteiger partial charge in [0.2, 0.25) is 5.90 Å². The molecule has 1 aromatic rings. The Bertz CT molecular complexity index is 466. The third kappa shape index (κ3) is 2.30. The minimum atomic E-state index is 0.414. The fourth-order valence-electron chi connectivity index (χ4n) is 2.68. The van der Waals surface area contributed by atoms with Crippen molar-refractivity contribution in [1.29, 1.82) is 0 Å². The van der Waals surface area contributed by atoms with Crippen LogP contribution >= 0.6 is 0 Å². The number of hydrogen-bond donors (Lipinski definition) is 0. The van der Waals surface area contributed by atoms with E-state index in [0.29, 0.717) is 18.3 Å². The predicted octanol–water partition coefficient (Wildman–Crippen LogP) is 2.69. The first-order valence-corrected chi connectivity index (χ1v) is 6.62. The zero-order valence-corrected chi connectivity index (χ0v) is 10.4. The third-order valence-corrected chi connectivity index (χ3v) is 3.76. The topological polar surface area (TPSA) is 38.7 Å². The van der Waals surface area contributed by atoms with Crippen LogP contribution in [0.5, 0.6) is 0 Å². The van der Waals surface area contributed by atoms with Crippen molar-refractivity contribution < 1.29 is 9.53 Å². The normalized spacial score (nSPS) is 20.7. The van der Waals surface area contributed by atoms with Crippen LogP contribution in [0.25, 0.3) is 0 Å². The summed E-state index contributed by atoms with van der Waals surface area (Å²) in [5.74, 6) is 1.72. The van der Waals surface area contributed by atoms with Gasteiger partial charge in [0.05, 0.1) is 6.54 Å². The van der Waals surface area contributed by atoms with Gasteiger partial charge in [0.1, 0.15) is 12.4 Å². The molecule has 3 heteroatoms. The lowest BCUT2D eigenvalue weighted by Crippen LogP contribution is -2.12. The second kappa shape index (κ2) is 4.92. The number of rotatable bonds is 2. The smallest absolute Gasteiger partial charge is 0.216 e. The average molecular weight is 243 g/mol. The maximum absolute atomic E-state index is 11.2. The highest BCUT2D eigenvalue weighted by Crippen LogP contribution is 2.31. The van der Waals surface area contributed by atoms with Gasteiger partial charge in [0.15, 0.2) is 0 Å². The minimum absolute atomic E-state index is 0.414. The van der Waals surface area contributed by atoms with Gasteiger partial charge in [-0.1, -0.05) is 12.1 Å². The zero-order chi connectivity index (χ0) is 12.4. The van der Waals surface area contributed by atoms with Gasteiger partial charge in [-0.05, 0) is 36.5 Å². The summed E-state index contributed by atoms with van der Waals surface area (Å²) < 4.78 is 5.44. The lowest BCUT2D eigenvalue weighted by molar-refractivity contribution is -0.120. The molecular weight excluding hydrogens is 226 g/mol. The Morgan fingerprint density at radius 2 is 1.83 bits per heavy atom. The van der Waals surface area contributed by atoms with Crippen LogP contribution in [0.3, 0.4) is 0 Å². The fourth-order valence-corrected chi connectivity index (χ4v) is 2.68. The Hall–Kier alpha value is -1.64. The molecule has 1 aliphatic heterocycles. The van der Waals surface area contributed by atoms with Gasteiger partial charge >= 0.3 is 0 Å². The summed E-state index contributed by atoms with van der Waals surface area (Å²) in [6.45, 7) is 1.46. The van der Waals surface area contributed by atoms with E-state index in [2.05, 4.69) is 29.3 Å². The van der Waals surface area contributed by atoms with E-state index in [0.717, 1.165) is 43.7 Å². The van der Waals surface area contributed by atoms with Crippen molar-refractivity contribution in [1.82, 2.24) is 0 Å². The molecule has 0 atom stereocenters. The molecule has 0 unspecified atom stereocenters. The van der Waals surface area contributed by atoms with Crippen LogP contribution < -0.4 is 0 Å². The minimum Gasteiger partial charge on any atom is -0.476 e. The van der Waals surface area contributed by atoms with Crippen molar-refractivity contribution in [3.8, 4) is 0 Å². The molecule has 1 aliphatic carbocycles. The lowest BCUT2D eigenvalue weighted by Gasteiger charge is -2.21. The van der Waals surface area contributed by atoms with Crippen LogP contribution in [-0.4, -0.2) is 24.8 Å². The number of Topliss-reactive ketones (excluding diaryl/α,β-unsaturated/α-hetero) is 1. The molecule has 0 amide bonds. The van der Waals surface area contributed by atoms with Crippen molar-refractivity contribution in [2.24, 2.45) is 4.99 Å². The van der Waals surface area contributed by atoms with E-state index in [1.807, 2.05) is 0 Å². The van der Waals surface area contributed by atoms with E-state index in [4.69, 9.17) is 4.74 Å². The first kappa shape index (κ1) is 11.5. The van der Waals surface area contributed by atoms with Gasteiger partial charge in [-0.2, -0.15) is 0 Å². The summed E-state index contributed by atoms with van der Waals surface area (Å²) in [6.07, 6.45) is 3.47. The fraction of sp³-hybridized carbons (Fsp3) is 0.467. The highest BCUT2D eigenvalue weighted by molar-refractivity contribution is 5.94. The lowest BCUT2D eigenvalue weighted by atomic mass is 9.83. The summed E-state index contributed by atoms with van der Waals surface area (Å²) >= 11 is 0. The molecule has 1 saturated carbocycles. The molecule has 0 radical (unpaired) electrons. The molecule has 0 spiro atoms. The van der Waals surface area contributed by atoms with Gasteiger partial charge in [-0.3, -0.25) is 4.79 Å². The summed E-state index contributed by atoms with van der Waals surface area (Å²) in [5.41, 5.74) is 2.40. The molecule has 94 valence electrons. The van der Waals surface area contributed by atoms with Crippen LogP contribution in [0.15, 0.2) is 29.3 Å². The third-order valence-electron chi connectivity index (χ3n) is 3.76. The molecule has 0 saturated heterocycles. The number of hydrogen-bond acceptors (Lipinski definition) is 3. The molecule has 2 aliphatic rings.